The maximum absolute atomic E-state index is 13.2. The van der Waals surface area contributed by atoms with Crippen molar-refractivity contribution in [3.63, 3.8) is 0 Å². The minimum atomic E-state index is -0.181. The summed E-state index contributed by atoms with van der Waals surface area (Å²) in [5.41, 5.74) is 0.985. The molecule has 1 aromatic rings. The van der Waals surface area contributed by atoms with Gasteiger partial charge in [-0.05, 0) is 37.3 Å². The van der Waals surface area contributed by atoms with Crippen LogP contribution in [0.25, 0.3) is 0 Å². The van der Waals surface area contributed by atoms with Gasteiger partial charge in [0.15, 0.2) is 0 Å². The molecule has 4 heteroatoms. The molecule has 0 aromatic heterocycles. The van der Waals surface area contributed by atoms with Crippen LogP contribution in [0.1, 0.15) is 32.3 Å². The van der Waals surface area contributed by atoms with Crippen LogP contribution in [-0.4, -0.2) is 30.2 Å². The van der Waals surface area contributed by atoms with Crippen molar-refractivity contribution < 1.29 is 9.13 Å². The van der Waals surface area contributed by atoms with Crippen LogP contribution in [0.15, 0.2) is 18.2 Å². The molecular weight excluding hydrogens is 273 g/mol. The van der Waals surface area contributed by atoms with E-state index in [0.29, 0.717) is 4.75 Å². The van der Waals surface area contributed by atoms with E-state index in [1.165, 1.54) is 6.07 Å². The van der Waals surface area contributed by atoms with Crippen LogP contribution in [0.2, 0.25) is 0 Å². The highest BCUT2D eigenvalue weighted by Gasteiger charge is 2.27. The molecule has 1 atom stereocenters. The molecule has 1 aliphatic heterocycles. The van der Waals surface area contributed by atoms with Gasteiger partial charge >= 0.3 is 0 Å². The van der Waals surface area contributed by atoms with E-state index in [0.717, 1.165) is 43.7 Å². The van der Waals surface area contributed by atoms with Crippen LogP contribution in [0.3, 0.4) is 0 Å². The summed E-state index contributed by atoms with van der Waals surface area (Å²) in [6, 6.07) is 4.77. The maximum Gasteiger partial charge on any atom is 0.123 e. The first-order valence-corrected chi connectivity index (χ1v) is 8.56. The molecule has 0 saturated carbocycles. The highest BCUT2D eigenvalue weighted by molar-refractivity contribution is 8.00. The van der Waals surface area contributed by atoms with Gasteiger partial charge in [-0.15, -0.1) is 0 Å². The molecule has 112 valence electrons. The fourth-order valence-corrected chi connectivity index (χ4v) is 3.55. The third kappa shape index (κ3) is 3.47. The number of hydrogen-bond donors (Lipinski definition) is 1. The normalized spacial score (nSPS) is 17.9. The molecule has 2 nitrogen and oxygen atoms in total. The number of ether oxygens (including phenoxy) is 1. The van der Waals surface area contributed by atoms with E-state index in [1.54, 1.807) is 12.1 Å². The Morgan fingerprint density at radius 1 is 1.40 bits per heavy atom. The highest BCUT2D eigenvalue weighted by atomic mass is 32.2. The summed E-state index contributed by atoms with van der Waals surface area (Å²) in [5, 5.41) is 3.53. The van der Waals surface area contributed by atoms with E-state index >= 15 is 0 Å². The van der Waals surface area contributed by atoms with Crippen molar-refractivity contribution in [3.05, 3.63) is 29.6 Å². The molecule has 1 N–H and O–H groups in total. The van der Waals surface area contributed by atoms with Gasteiger partial charge in [0, 0.05) is 29.8 Å². The summed E-state index contributed by atoms with van der Waals surface area (Å²) in [7, 11) is 0. The Morgan fingerprint density at radius 3 is 2.80 bits per heavy atom. The SMILES string of the molecule is CCC(CC)(CNCC1Cc2cc(F)ccc2O1)SC. The van der Waals surface area contributed by atoms with Crippen LogP contribution >= 0.6 is 11.8 Å². The van der Waals surface area contributed by atoms with Crippen molar-refractivity contribution in [2.24, 2.45) is 0 Å². The maximum atomic E-state index is 13.2. The zero-order chi connectivity index (χ0) is 14.6. The lowest BCUT2D eigenvalue weighted by Gasteiger charge is -2.30. The number of rotatable bonds is 7. The standard InChI is InChI=1S/C16H24FNOS/c1-4-16(5-2,20-3)11-18-10-14-9-12-8-13(17)6-7-15(12)19-14/h6-8,14,18H,4-5,9-11H2,1-3H3. The first-order valence-electron chi connectivity index (χ1n) is 7.33. The van der Waals surface area contributed by atoms with E-state index in [9.17, 15) is 4.39 Å². The molecule has 1 aromatic carbocycles. The number of fused-ring (bicyclic) bond motifs is 1. The average molecular weight is 297 g/mol. The summed E-state index contributed by atoms with van der Waals surface area (Å²) in [5.74, 6) is 0.652. The van der Waals surface area contributed by atoms with E-state index in [4.69, 9.17) is 4.74 Å². The van der Waals surface area contributed by atoms with Crippen molar-refractivity contribution in [1.29, 1.82) is 0 Å². The molecular formula is C16H24FNOS. The van der Waals surface area contributed by atoms with Gasteiger partial charge in [-0.3, -0.25) is 0 Å². The molecule has 0 bridgehead atoms. The van der Waals surface area contributed by atoms with Crippen molar-refractivity contribution >= 4 is 11.8 Å². The minimum absolute atomic E-state index is 0.125. The molecule has 2 rings (SSSR count). The summed E-state index contributed by atoms with van der Waals surface area (Å²) < 4.78 is 19.3. The number of thioether (sulfide) groups is 1. The largest absolute Gasteiger partial charge is 0.488 e. The predicted molar refractivity (Wildman–Crippen MR) is 84.2 cm³/mol. The van der Waals surface area contributed by atoms with Gasteiger partial charge in [0.1, 0.15) is 17.7 Å². The van der Waals surface area contributed by atoms with Crippen molar-refractivity contribution in [2.75, 3.05) is 19.3 Å². The predicted octanol–water partition coefficient (Wildman–Crippen LogP) is 3.64. The monoisotopic (exact) mass is 297 g/mol. The zero-order valence-corrected chi connectivity index (χ0v) is 13.4. The van der Waals surface area contributed by atoms with E-state index in [2.05, 4.69) is 25.4 Å². The Bertz CT molecular complexity index is 440. The van der Waals surface area contributed by atoms with E-state index in [1.807, 2.05) is 11.8 Å². The fourth-order valence-electron chi connectivity index (χ4n) is 2.72. The summed E-state index contributed by atoms with van der Waals surface area (Å²) in [4.78, 5) is 0. The molecule has 20 heavy (non-hydrogen) atoms. The Kier molecular flexibility index (Phi) is 5.33. The van der Waals surface area contributed by atoms with Crippen molar-refractivity contribution in [1.82, 2.24) is 5.32 Å². The third-order valence-electron chi connectivity index (χ3n) is 4.30. The fraction of sp³-hybridized carbons (Fsp3) is 0.625. The molecule has 0 radical (unpaired) electrons. The second-order valence-electron chi connectivity index (χ2n) is 5.42. The zero-order valence-electron chi connectivity index (χ0n) is 12.5. The minimum Gasteiger partial charge on any atom is -0.488 e. The molecule has 1 unspecified atom stereocenters. The van der Waals surface area contributed by atoms with Gasteiger partial charge in [0.05, 0.1) is 0 Å². The number of hydrogen-bond acceptors (Lipinski definition) is 3. The van der Waals surface area contributed by atoms with Crippen molar-refractivity contribution in [2.45, 2.75) is 44.0 Å². The lowest BCUT2D eigenvalue weighted by Crippen LogP contribution is -2.40. The smallest absolute Gasteiger partial charge is 0.123 e. The van der Waals surface area contributed by atoms with E-state index < -0.39 is 0 Å². The molecule has 0 saturated heterocycles. The quantitative estimate of drug-likeness (QED) is 0.830. The summed E-state index contributed by atoms with van der Waals surface area (Å²) in [6.07, 6.45) is 5.42. The van der Waals surface area contributed by atoms with Crippen molar-refractivity contribution in [3.8, 4) is 5.75 Å². The lowest BCUT2D eigenvalue weighted by atomic mass is 10.0. The Balaban J connectivity index is 1.83. The van der Waals surface area contributed by atoms with Gasteiger partial charge in [0.2, 0.25) is 0 Å². The number of halogens is 1. The summed E-state index contributed by atoms with van der Waals surface area (Å²) in [6.45, 7) is 6.29. The molecule has 0 aliphatic carbocycles. The molecule has 0 amide bonds. The van der Waals surface area contributed by atoms with E-state index in [-0.39, 0.29) is 11.9 Å². The summed E-state index contributed by atoms with van der Waals surface area (Å²) >= 11 is 1.94. The van der Waals surface area contributed by atoms with Gasteiger partial charge < -0.3 is 10.1 Å². The second kappa shape index (κ2) is 6.81. The Labute approximate surface area is 125 Å². The van der Waals surface area contributed by atoms with Gasteiger partial charge in [-0.1, -0.05) is 13.8 Å². The number of nitrogens with one attached hydrogen (secondary N) is 1. The average Bonchev–Trinajstić information content (AvgIpc) is 2.86. The van der Waals surface area contributed by atoms with Gasteiger partial charge in [0.25, 0.3) is 0 Å². The highest BCUT2D eigenvalue weighted by Crippen LogP contribution is 2.31. The number of benzene rings is 1. The van der Waals surface area contributed by atoms with Crippen LogP contribution < -0.4 is 10.1 Å². The lowest BCUT2D eigenvalue weighted by molar-refractivity contribution is 0.225. The van der Waals surface area contributed by atoms with Crippen LogP contribution in [0.4, 0.5) is 4.39 Å². The topological polar surface area (TPSA) is 21.3 Å². The van der Waals surface area contributed by atoms with Crippen LogP contribution in [0.5, 0.6) is 5.75 Å². The van der Waals surface area contributed by atoms with Crippen LogP contribution in [-0.2, 0) is 6.42 Å². The molecule has 1 heterocycles. The van der Waals surface area contributed by atoms with Gasteiger partial charge in [-0.2, -0.15) is 11.8 Å². The second-order valence-corrected chi connectivity index (χ2v) is 6.70. The Morgan fingerprint density at radius 2 is 2.15 bits per heavy atom. The molecule has 0 fully saturated rings. The molecule has 0 spiro atoms. The molecule has 1 aliphatic rings. The Hall–Kier alpha value is -0.740. The first-order chi connectivity index (χ1) is 9.62. The van der Waals surface area contributed by atoms with Crippen LogP contribution in [0, 0.1) is 5.82 Å². The first kappa shape index (κ1) is 15.6. The van der Waals surface area contributed by atoms with Gasteiger partial charge in [-0.25, -0.2) is 4.39 Å². The third-order valence-corrected chi connectivity index (χ3v) is 5.89.